The highest BCUT2D eigenvalue weighted by Crippen LogP contribution is 2.33. The Hall–Kier alpha value is -3.25. The van der Waals surface area contributed by atoms with Crippen molar-refractivity contribution in [3.8, 4) is 5.75 Å². The number of aromatic nitrogens is 2. The fourth-order valence-corrected chi connectivity index (χ4v) is 6.06. The minimum absolute atomic E-state index is 0.199. The number of pyridine rings is 1. The Bertz CT molecular complexity index is 1480. The van der Waals surface area contributed by atoms with Gasteiger partial charge in [-0.25, -0.2) is 4.98 Å². The van der Waals surface area contributed by atoms with Crippen LogP contribution in [0.1, 0.15) is 23.1 Å². The van der Waals surface area contributed by atoms with Gasteiger partial charge in [0.15, 0.2) is 0 Å². The number of benzene rings is 1. The van der Waals surface area contributed by atoms with Crippen LogP contribution in [0.15, 0.2) is 52.3 Å². The summed E-state index contributed by atoms with van der Waals surface area (Å²) in [5.41, 5.74) is 2.69. The molecule has 9 nitrogen and oxygen atoms in total. The van der Waals surface area contributed by atoms with E-state index in [1.165, 1.54) is 16.2 Å². The zero-order valence-electron chi connectivity index (χ0n) is 22.7. The van der Waals surface area contributed by atoms with E-state index in [-0.39, 0.29) is 11.5 Å². The van der Waals surface area contributed by atoms with Crippen LogP contribution < -0.4 is 15.6 Å². The molecule has 210 valence electrons. The molecule has 0 radical (unpaired) electrons. The summed E-state index contributed by atoms with van der Waals surface area (Å²) in [6, 6.07) is 11.5. The molecule has 2 aliphatic heterocycles. The number of aryl methyl sites for hydroxylation is 1. The maximum absolute atomic E-state index is 13.6. The number of nitrogens with zero attached hydrogens (tertiary/aromatic N) is 4. The van der Waals surface area contributed by atoms with Gasteiger partial charge in [-0.15, -0.1) is 0 Å². The van der Waals surface area contributed by atoms with E-state index in [0.717, 1.165) is 56.1 Å². The van der Waals surface area contributed by atoms with Gasteiger partial charge in [-0.05, 0) is 61.7 Å². The quantitative estimate of drug-likeness (QED) is 0.220. The smallest absolute Gasteiger partial charge is 0.267 e. The van der Waals surface area contributed by atoms with Gasteiger partial charge < -0.3 is 14.8 Å². The van der Waals surface area contributed by atoms with Crippen LogP contribution in [0, 0.1) is 6.92 Å². The molecule has 0 spiro atoms. The predicted molar refractivity (Wildman–Crippen MR) is 163 cm³/mol. The largest absolute Gasteiger partial charge is 0.497 e. The molecule has 0 bridgehead atoms. The summed E-state index contributed by atoms with van der Waals surface area (Å²) in [6.07, 6.45) is 4.89. The fraction of sp³-hybridized carbons (Fsp3) is 0.379. The molecule has 3 aromatic rings. The number of ether oxygens (including phenoxy) is 2. The van der Waals surface area contributed by atoms with E-state index in [0.29, 0.717) is 45.8 Å². The zero-order valence-corrected chi connectivity index (χ0v) is 24.4. The molecular formula is C29H33N5O4S2. The maximum Gasteiger partial charge on any atom is 0.267 e. The molecule has 2 fully saturated rings. The summed E-state index contributed by atoms with van der Waals surface area (Å²) >= 11 is 6.77. The Balaban J connectivity index is 1.36. The van der Waals surface area contributed by atoms with Crippen LogP contribution >= 0.6 is 24.0 Å². The number of fused-ring (bicyclic) bond motifs is 1. The third-order valence-corrected chi connectivity index (χ3v) is 8.44. The number of thiocarbonyl (C=S) groups is 1. The summed E-state index contributed by atoms with van der Waals surface area (Å²) in [6.45, 7) is 7.35. The van der Waals surface area contributed by atoms with Crippen molar-refractivity contribution in [3.05, 3.63) is 74.5 Å². The lowest BCUT2D eigenvalue weighted by Gasteiger charge is -2.26. The van der Waals surface area contributed by atoms with E-state index in [2.05, 4.69) is 10.2 Å². The fourth-order valence-electron chi connectivity index (χ4n) is 4.77. The Morgan fingerprint density at radius 3 is 2.67 bits per heavy atom. The van der Waals surface area contributed by atoms with Gasteiger partial charge in [0.05, 0.1) is 30.8 Å². The SMILES string of the molecule is COc1ccc(CCN2C(=O)C(=Cc3c(NCCCN4CCOCC4)nc4c(C)cccn4c3=O)SC2=S)cc1. The van der Waals surface area contributed by atoms with Crippen LogP contribution in [0.4, 0.5) is 5.82 Å². The number of rotatable bonds is 10. The van der Waals surface area contributed by atoms with Crippen molar-refractivity contribution in [3.63, 3.8) is 0 Å². The molecule has 5 rings (SSSR count). The first kappa shape index (κ1) is 28.3. The second-order valence-electron chi connectivity index (χ2n) is 9.73. The summed E-state index contributed by atoms with van der Waals surface area (Å²) in [7, 11) is 1.63. The van der Waals surface area contributed by atoms with Gasteiger partial charge >= 0.3 is 0 Å². The van der Waals surface area contributed by atoms with E-state index in [4.69, 9.17) is 26.7 Å². The number of hydrogen-bond donors (Lipinski definition) is 1. The first-order valence-corrected chi connectivity index (χ1v) is 14.6. The number of morpholine rings is 1. The lowest BCUT2D eigenvalue weighted by Crippen LogP contribution is -2.37. The highest BCUT2D eigenvalue weighted by atomic mass is 32.2. The Kier molecular flexibility index (Phi) is 9.15. The van der Waals surface area contributed by atoms with Crippen LogP contribution in [0.25, 0.3) is 11.7 Å². The van der Waals surface area contributed by atoms with Gasteiger partial charge in [-0.3, -0.25) is 23.8 Å². The van der Waals surface area contributed by atoms with Gasteiger partial charge in [-0.1, -0.05) is 42.2 Å². The minimum Gasteiger partial charge on any atom is -0.497 e. The molecule has 2 aliphatic rings. The summed E-state index contributed by atoms with van der Waals surface area (Å²) < 4.78 is 12.7. The Morgan fingerprint density at radius 1 is 1.15 bits per heavy atom. The summed E-state index contributed by atoms with van der Waals surface area (Å²) in [5, 5.41) is 3.38. The van der Waals surface area contributed by atoms with Crippen LogP contribution in [-0.4, -0.2) is 82.5 Å². The van der Waals surface area contributed by atoms with Crippen molar-refractivity contribution in [1.29, 1.82) is 0 Å². The lowest BCUT2D eigenvalue weighted by atomic mass is 10.1. The molecule has 11 heteroatoms. The first-order valence-electron chi connectivity index (χ1n) is 13.4. The molecule has 0 unspecified atom stereocenters. The maximum atomic E-state index is 13.6. The lowest BCUT2D eigenvalue weighted by molar-refractivity contribution is -0.122. The minimum atomic E-state index is -0.229. The van der Waals surface area contributed by atoms with E-state index in [9.17, 15) is 9.59 Å². The highest BCUT2D eigenvalue weighted by molar-refractivity contribution is 8.26. The highest BCUT2D eigenvalue weighted by Gasteiger charge is 2.32. The third-order valence-electron chi connectivity index (χ3n) is 7.06. The number of methoxy groups -OCH3 is 1. The molecule has 2 saturated heterocycles. The first-order chi connectivity index (χ1) is 19.4. The van der Waals surface area contributed by atoms with Gasteiger partial charge in [-0.2, -0.15) is 0 Å². The molecule has 4 heterocycles. The van der Waals surface area contributed by atoms with Crippen LogP contribution in [0.3, 0.4) is 0 Å². The number of anilines is 1. The summed E-state index contributed by atoms with van der Waals surface area (Å²) in [4.78, 5) is 36.2. The number of carbonyl (C=O) groups excluding carboxylic acids is 1. The van der Waals surface area contributed by atoms with Crippen LogP contribution in [0.2, 0.25) is 0 Å². The zero-order chi connectivity index (χ0) is 28.1. The molecule has 40 heavy (non-hydrogen) atoms. The van der Waals surface area contributed by atoms with Crippen molar-refractivity contribution in [2.45, 2.75) is 19.8 Å². The molecule has 1 N–H and O–H groups in total. The normalized spacial score (nSPS) is 17.2. The van der Waals surface area contributed by atoms with Gasteiger partial charge in [0, 0.05) is 32.4 Å². The van der Waals surface area contributed by atoms with Crippen molar-refractivity contribution in [2.75, 3.05) is 58.4 Å². The van der Waals surface area contributed by atoms with Gasteiger partial charge in [0.25, 0.3) is 11.5 Å². The topological polar surface area (TPSA) is 88.4 Å². The molecule has 0 atom stereocenters. The second-order valence-corrected chi connectivity index (χ2v) is 11.4. The Labute approximate surface area is 243 Å². The van der Waals surface area contributed by atoms with Gasteiger partial charge in [0.1, 0.15) is 21.5 Å². The van der Waals surface area contributed by atoms with E-state index in [1.807, 2.05) is 43.3 Å². The number of hydrogen-bond acceptors (Lipinski definition) is 9. The number of thioether (sulfide) groups is 1. The van der Waals surface area contributed by atoms with E-state index < -0.39 is 0 Å². The third kappa shape index (κ3) is 6.38. The van der Waals surface area contributed by atoms with Crippen LogP contribution in [0.5, 0.6) is 5.75 Å². The van der Waals surface area contributed by atoms with E-state index in [1.54, 1.807) is 24.3 Å². The predicted octanol–water partition coefficient (Wildman–Crippen LogP) is 3.59. The second kappa shape index (κ2) is 12.9. The Morgan fingerprint density at radius 2 is 1.93 bits per heavy atom. The monoisotopic (exact) mass is 579 g/mol. The summed E-state index contributed by atoms with van der Waals surface area (Å²) in [5.74, 6) is 1.06. The molecular weight excluding hydrogens is 546 g/mol. The van der Waals surface area contributed by atoms with Crippen molar-refractivity contribution in [2.24, 2.45) is 0 Å². The van der Waals surface area contributed by atoms with E-state index >= 15 is 0 Å². The average Bonchev–Trinajstić information content (AvgIpc) is 3.24. The standard InChI is InChI=1S/C29H33N5O4S2/c1-20-5-3-13-33-26(20)31-25(30-11-4-12-32-15-17-38-18-16-32)23(27(33)35)19-24-28(36)34(29(39)40-24)14-10-21-6-8-22(37-2)9-7-21/h3,5-9,13,19,30H,4,10-12,14-18H2,1-2H3. The van der Waals surface area contributed by atoms with Crippen LogP contribution in [-0.2, 0) is 16.0 Å². The number of nitrogens with one attached hydrogen (secondary N) is 1. The molecule has 0 saturated carbocycles. The number of amides is 1. The van der Waals surface area contributed by atoms with Crippen molar-refractivity contribution >= 4 is 51.7 Å². The van der Waals surface area contributed by atoms with Gasteiger partial charge in [0.2, 0.25) is 0 Å². The molecule has 1 amide bonds. The van der Waals surface area contributed by atoms with Crippen molar-refractivity contribution < 1.29 is 14.3 Å². The molecule has 2 aromatic heterocycles. The average molecular weight is 580 g/mol. The molecule has 0 aliphatic carbocycles. The van der Waals surface area contributed by atoms with Crippen molar-refractivity contribution in [1.82, 2.24) is 19.2 Å². The molecule has 1 aromatic carbocycles. The number of carbonyl (C=O) groups is 1.